The van der Waals surface area contributed by atoms with Crippen molar-refractivity contribution >= 4 is 11.6 Å². The second kappa shape index (κ2) is 5.38. The second-order valence-corrected chi connectivity index (χ2v) is 6.04. The van der Waals surface area contributed by atoms with Gasteiger partial charge < -0.3 is 0 Å². The summed E-state index contributed by atoms with van der Waals surface area (Å²) in [6.07, 6.45) is 7.77. The van der Waals surface area contributed by atoms with Crippen molar-refractivity contribution in [1.82, 2.24) is 14.8 Å². The van der Waals surface area contributed by atoms with E-state index in [0.717, 1.165) is 24.7 Å². The molecule has 1 saturated carbocycles. The third-order valence-corrected chi connectivity index (χ3v) is 4.28. The number of aromatic nitrogens is 3. The van der Waals surface area contributed by atoms with Gasteiger partial charge in [-0.05, 0) is 24.2 Å². The van der Waals surface area contributed by atoms with Gasteiger partial charge >= 0.3 is 0 Å². The number of nitrogens with zero attached hydrogens (tertiary/aromatic N) is 3. The van der Waals surface area contributed by atoms with Gasteiger partial charge in [-0.1, -0.05) is 26.7 Å². The molecule has 0 amide bonds. The molecule has 1 heterocycles. The van der Waals surface area contributed by atoms with Crippen LogP contribution in [0.25, 0.3) is 0 Å². The largest absolute Gasteiger partial charge is 0.250 e. The molecular formula is C13H22ClN3. The molecule has 1 aromatic heterocycles. The standard InChI is InChI=1S/C13H22ClN3/c1-11(2)8-17-12(15-10-16-17)7-13(9-14)5-3-4-6-13/h10-11H,3-9H2,1-2H3. The molecule has 4 heteroatoms. The summed E-state index contributed by atoms with van der Waals surface area (Å²) in [5.74, 6) is 2.47. The Morgan fingerprint density at radius 1 is 1.41 bits per heavy atom. The molecule has 0 unspecified atom stereocenters. The Morgan fingerprint density at radius 2 is 2.12 bits per heavy atom. The van der Waals surface area contributed by atoms with Crippen LogP contribution in [0.15, 0.2) is 6.33 Å². The van der Waals surface area contributed by atoms with Crippen LogP contribution >= 0.6 is 11.6 Å². The molecule has 1 aliphatic carbocycles. The van der Waals surface area contributed by atoms with Crippen molar-refractivity contribution in [3.63, 3.8) is 0 Å². The molecule has 1 aromatic rings. The summed E-state index contributed by atoms with van der Waals surface area (Å²) >= 11 is 6.18. The first-order valence-corrected chi connectivity index (χ1v) is 7.11. The quantitative estimate of drug-likeness (QED) is 0.756. The average Bonchev–Trinajstić information content (AvgIpc) is 2.90. The summed E-state index contributed by atoms with van der Waals surface area (Å²) in [6, 6.07) is 0. The maximum absolute atomic E-state index is 6.18. The summed E-state index contributed by atoms with van der Waals surface area (Å²) in [6.45, 7) is 5.37. The van der Waals surface area contributed by atoms with Crippen LogP contribution in [0.2, 0.25) is 0 Å². The van der Waals surface area contributed by atoms with Crippen molar-refractivity contribution in [1.29, 1.82) is 0 Å². The fourth-order valence-corrected chi connectivity index (χ4v) is 3.10. The van der Waals surface area contributed by atoms with E-state index in [1.807, 2.05) is 0 Å². The Labute approximate surface area is 109 Å². The van der Waals surface area contributed by atoms with E-state index in [2.05, 4.69) is 28.6 Å². The molecule has 0 bridgehead atoms. The summed E-state index contributed by atoms with van der Waals surface area (Å²) in [4.78, 5) is 4.42. The molecule has 0 aliphatic heterocycles. The van der Waals surface area contributed by atoms with Gasteiger partial charge in [-0.3, -0.25) is 0 Å². The molecule has 1 fully saturated rings. The maximum atomic E-state index is 6.18. The Bertz CT molecular complexity index is 353. The predicted octanol–water partition coefficient (Wildman–Crippen LogP) is 3.28. The zero-order valence-corrected chi connectivity index (χ0v) is 11.6. The van der Waals surface area contributed by atoms with Gasteiger partial charge in [-0.25, -0.2) is 9.67 Å². The van der Waals surface area contributed by atoms with Crippen LogP contribution in [0, 0.1) is 11.3 Å². The highest BCUT2D eigenvalue weighted by Gasteiger charge is 2.34. The molecule has 0 N–H and O–H groups in total. The van der Waals surface area contributed by atoms with Gasteiger partial charge in [0, 0.05) is 18.8 Å². The first-order valence-electron chi connectivity index (χ1n) is 6.58. The van der Waals surface area contributed by atoms with E-state index < -0.39 is 0 Å². The first-order chi connectivity index (χ1) is 8.15. The Morgan fingerprint density at radius 3 is 2.71 bits per heavy atom. The molecule has 2 rings (SSSR count). The molecule has 17 heavy (non-hydrogen) atoms. The molecule has 0 radical (unpaired) electrons. The molecule has 0 aromatic carbocycles. The molecule has 0 spiro atoms. The van der Waals surface area contributed by atoms with Gasteiger partial charge in [0.25, 0.3) is 0 Å². The lowest BCUT2D eigenvalue weighted by molar-refractivity contribution is 0.320. The van der Waals surface area contributed by atoms with Gasteiger partial charge in [0.2, 0.25) is 0 Å². The van der Waals surface area contributed by atoms with Crippen LogP contribution in [0.1, 0.15) is 45.4 Å². The fraction of sp³-hybridized carbons (Fsp3) is 0.846. The molecule has 96 valence electrons. The maximum Gasteiger partial charge on any atom is 0.138 e. The molecule has 0 saturated heterocycles. The smallest absolute Gasteiger partial charge is 0.138 e. The van der Waals surface area contributed by atoms with Gasteiger partial charge in [0.05, 0.1) is 0 Å². The van der Waals surface area contributed by atoms with Gasteiger partial charge in [0.15, 0.2) is 0 Å². The third kappa shape index (κ3) is 3.01. The van der Waals surface area contributed by atoms with Crippen LogP contribution < -0.4 is 0 Å². The summed E-state index contributed by atoms with van der Waals surface area (Å²) in [5, 5.41) is 4.33. The molecular weight excluding hydrogens is 234 g/mol. The number of alkyl halides is 1. The highest BCUT2D eigenvalue weighted by Crippen LogP contribution is 2.41. The summed E-state index contributed by atoms with van der Waals surface area (Å²) in [7, 11) is 0. The zero-order chi connectivity index (χ0) is 12.3. The summed E-state index contributed by atoms with van der Waals surface area (Å²) < 4.78 is 2.05. The zero-order valence-electron chi connectivity index (χ0n) is 10.8. The SMILES string of the molecule is CC(C)Cn1ncnc1CC1(CCl)CCCC1. The van der Waals surface area contributed by atoms with Crippen molar-refractivity contribution in [2.75, 3.05) is 5.88 Å². The van der Waals surface area contributed by atoms with Crippen LogP contribution in [0.5, 0.6) is 0 Å². The normalized spacial score (nSPS) is 19.1. The Hall–Kier alpha value is -0.570. The Kier molecular flexibility index (Phi) is 4.08. The predicted molar refractivity (Wildman–Crippen MR) is 70.2 cm³/mol. The highest BCUT2D eigenvalue weighted by molar-refractivity contribution is 6.18. The minimum atomic E-state index is 0.281. The minimum absolute atomic E-state index is 0.281. The molecule has 1 aliphatic rings. The van der Waals surface area contributed by atoms with E-state index in [0.29, 0.717) is 5.92 Å². The number of halogens is 1. The topological polar surface area (TPSA) is 30.7 Å². The summed E-state index contributed by atoms with van der Waals surface area (Å²) in [5.41, 5.74) is 0.281. The van der Waals surface area contributed by atoms with E-state index in [-0.39, 0.29) is 5.41 Å². The Balaban J connectivity index is 2.09. The van der Waals surface area contributed by atoms with E-state index in [9.17, 15) is 0 Å². The van der Waals surface area contributed by atoms with Crippen molar-refractivity contribution < 1.29 is 0 Å². The van der Waals surface area contributed by atoms with E-state index in [4.69, 9.17) is 11.6 Å². The number of hydrogen-bond donors (Lipinski definition) is 0. The molecule has 3 nitrogen and oxygen atoms in total. The number of hydrogen-bond acceptors (Lipinski definition) is 2. The van der Waals surface area contributed by atoms with Crippen molar-refractivity contribution in [3.8, 4) is 0 Å². The van der Waals surface area contributed by atoms with Crippen molar-refractivity contribution in [2.24, 2.45) is 11.3 Å². The van der Waals surface area contributed by atoms with Crippen molar-refractivity contribution in [2.45, 2.75) is 52.5 Å². The van der Waals surface area contributed by atoms with Crippen LogP contribution in [-0.2, 0) is 13.0 Å². The lowest BCUT2D eigenvalue weighted by atomic mass is 9.84. The van der Waals surface area contributed by atoms with Gasteiger partial charge in [0.1, 0.15) is 12.2 Å². The lowest BCUT2D eigenvalue weighted by Gasteiger charge is -2.25. The first kappa shape index (κ1) is 12.9. The monoisotopic (exact) mass is 255 g/mol. The third-order valence-electron chi connectivity index (χ3n) is 3.71. The second-order valence-electron chi connectivity index (χ2n) is 5.77. The highest BCUT2D eigenvalue weighted by atomic mass is 35.5. The van der Waals surface area contributed by atoms with E-state index >= 15 is 0 Å². The van der Waals surface area contributed by atoms with Gasteiger partial charge in [-0.15, -0.1) is 11.6 Å². The van der Waals surface area contributed by atoms with E-state index in [1.54, 1.807) is 6.33 Å². The van der Waals surface area contributed by atoms with Crippen LogP contribution in [-0.4, -0.2) is 20.6 Å². The lowest BCUT2D eigenvalue weighted by Crippen LogP contribution is -2.24. The van der Waals surface area contributed by atoms with E-state index in [1.165, 1.54) is 25.7 Å². The minimum Gasteiger partial charge on any atom is -0.250 e. The van der Waals surface area contributed by atoms with Crippen LogP contribution in [0.4, 0.5) is 0 Å². The van der Waals surface area contributed by atoms with Crippen LogP contribution in [0.3, 0.4) is 0 Å². The number of rotatable bonds is 5. The average molecular weight is 256 g/mol. The van der Waals surface area contributed by atoms with Gasteiger partial charge in [-0.2, -0.15) is 5.10 Å². The van der Waals surface area contributed by atoms with Crippen molar-refractivity contribution in [3.05, 3.63) is 12.2 Å². The fourth-order valence-electron chi connectivity index (χ4n) is 2.74. The molecule has 0 atom stereocenters.